The summed E-state index contributed by atoms with van der Waals surface area (Å²) in [6.07, 6.45) is 0.893. The first-order valence-corrected chi connectivity index (χ1v) is 8.19. The number of halogens is 1. The summed E-state index contributed by atoms with van der Waals surface area (Å²) in [7, 11) is 0. The smallest absolute Gasteiger partial charge is 0.321 e. The van der Waals surface area contributed by atoms with Crippen LogP contribution >= 0.6 is 22.6 Å². The SMILES string of the molecule is CCc1ccccc1OCNC(=O)Nc1ccc(I)cc1C. The van der Waals surface area contributed by atoms with Crippen LogP contribution < -0.4 is 15.4 Å². The number of ether oxygens (including phenoxy) is 1. The molecule has 0 radical (unpaired) electrons. The predicted molar refractivity (Wildman–Crippen MR) is 97.4 cm³/mol. The van der Waals surface area contributed by atoms with Crippen LogP contribution in [-0.2, 0) is 6.42 Å². The molecule has 116 valence electrons. The summed E-state index contributed by atoms with van der Waals surface area (Å²) in [6, 6.07) is 13.4. The number of carbonyl (C=O) groups is 1. The molecule has 0 aromatic heterocycles. The van der Waals surface area contributed by atoms with Crippen molar-refractivity contribution in [3.05, 3.63) is 57.2 Å². The van der Waals surface area contributed by atoms with Crippen LogP contribution in [0, 0.1) is 10.5 Å². The lowest BCUT2D eigenvalue weighted by atomic mass is 10.1. The van der Waals surface area contributed by atoms with Crippen LogP contribution in [0.15, 0.2) is 42.5 Å². The maximum Gasteiger partial charge on any atom is 0.321 e. The number of hydrogen-bond acceptors (Lipinski definition) is 2. The average Bonchev–Trinajstić information content (AvgIpc) is 2.50. The monoisotopic (exact) mass is 410 g/mol. The number of nitrogens with one attached hydrogen (secondary N) is 2. The number of hydrogen-bond donors (Lipinski definition) is 2. The number of carbonyl (C=O) groups excluding carboxylic acids is 1. The summed E-state index contributed by atoms with van der Waals surface area (Å²) in [6.45, 7) is 4.17. The van der Waals surface area contributed by atoms with Gasteiger partial charge in [-0.3, -0.25) is 0 Å². The number of amides is 2. The third kappa shape index (κ3) is 4.62. The lowest BCUT2D eigenvalue weighted by molar-refractivity contribution is 0.234. The van der Waals surface area contributed by atoms with Crippen molar-refractivity contribution in [1.82, 2.24) is 5.32 Å². The van der Waals surface area contributed by atoms with Crippen molar-refractivity contribution >= 4 is 34.3 Å². The van der Waals surface area contributed by atoms with Crippen LogP contribution in [-0.4, -0.2) is 12.8 Å². The number of para-hydroxylation sites is 1. The van der Waals surface area contributed by atoms with E-state index in [1.807, 2.05) is 49.4 Å². The molecular weight excluding hydrogens is 391 g/mol. The summed E-state index contributed by atoms with van der Waals surface area (Å²) in [5.74, 6) is 0.802. The highest BCUT2D eigenvalue weighted by Crippen LogP contribution is 2.18. The van der Waals surface area contributed by atoms with Gasteiger partial charge in [0, 0.05) is 9.26 Å². The van der Waals surface area contributed by atoms with Gasteiger partial charge in [0.05, 0.1) is 0 Å². The molecule has 2 rings (SSSR count). The van der Waals surface area contributed by atoms with E-state index in [9.17, 15) is 4.79 Å². The van der Waals surface area contributed by atoms with E-state index in [1.165, 1.54) is 0 Å². The highest BCUT2D eigenvalue weighted by atomic mass is 127. The molecule has 0 aliphatic rings. The summed E-state index contributed by atoms with van der Waals surface area (Å²) < 4.78 is 6.75. The van der Waals surface area contributed by atoms with Gasteiger partial charge in [-0.15, -0.1) is 0 Å². The van der Waals surface area contributed by atoms with Gasteiger partial charge in [-0.05, 0) is 71.3 Å². The van der Waals surface area contributed by atoms with Gasteiger partial charge in [-0.25, -0.2) is 4.79 Å². The van der Waals surface area contributed by atoms with Crippen LogP contribution in [0.1, 0.15) is 18.1 Å². The Hall–Kier alpha value is -1.76. The van der Waals surface area contributed by atoms with Crippen LogP contribution in [0.5, 0.6) is 5.75 Å². The number of anilines is 1. The van der Waals surface area contributed by atoms with Crippen molar-refractivity contribution < 1.29 is 9.53 Å². The molecule has 0 atom stereocenters. The minimum absolute atomic E-state index is 0.131. The molecule has 2 amide bonds. The van der Waals surface area contributed by atoms with Gasteiger partial charge >= 0.3 is 6.03 Å². The van der Waals surface area contributed by atoms with E-state index in [2.05, 4.69) is 40.1 Å². The van der Waals surface area contributed by atoms with E-state index < -0.39 is 0 Å². The second-order valence-corrected chi connectivity index (χ2v) is 6.09. The first-order valence-electron chi connectivity index (χ1n) is 7.12. The topological polar surface area (TPSA) is 50.4 Å². The highest BCUT2D eigenvalue weighted by Gasteiger charge is 2.05. The van der Waals surface area contributed by atoms with E-state index in [0.29, 0.717) is 0 Å². The minimum atomic E-state index is -0.279. The van der Waals surface area contributed by atoms with E-state index in [0.717, 1.165) is 32.6 Å². The molecule has 0 bridgehead atoms. The Kier molecular flexibility index (Phi) is 6.06. The first kappa shape index (κ1) is 16.6. The van der Waals surface area contributed by atoms with Crippen LogP contribution in [0.2, 0.25) is 0 Å². The zero-order chi connectivity index (χ0) is 15.9. The Morgan fingerprint density at radius 1 is 1.23 bits per heavy atom. The third-order valence-electron chi connectivity index (χ3n) is 3.25. The maximum absolute atomic E-state index is 11.9. The lowest BCUT2D eigenvalue weighted by Gasteiger charge is -2.13. The van der Waals surface area contributed by atoms with E-state index in [-0.39, 0.29) is 12.8 Å². The highest BCUT2D eigenvalue weighted by molar-refractivity contribution is 14.1. The normalized spacial score (nSPS) is 10.1. The van der Waals surface area contributed by atoms with Crippen molar-refractivity contribution in [2.24, 2.45) is 0 Å². The fourth-order valence-electron chi connectivity index (χ4n) is 2.05. The van der Waals surface area contributed by atoms with Crippen LogP contribution in [0.4, 0.5) is 10.5 Å². The average molecular weight is 410 g/mol. The number of benzene rings is 2. The molecule has 2 aromatic rings. The zero-order valence-corrected chi connectivity index (χ0v) is 14.8. The Balaban J connectivity index is 1.85. The van der Waals surface area contributed by atoms with Crippen molar-refractivity contribution in [2.75, 3.05) is 12.0 Å². The van der Waals surface area contributed by atoms with Gasteiger partial charge in [-0.1, -0.05) is 25.1 Å². The molecule has 2 N–H and O–H groups in total. The molecule has 0 heterocycles. The maximum atomic E-state index is 11.9. The van der Waals surface area contributed by atoms with Gasteiger partial charge in [-0.2, -0.15) is 0 Å². The van der Waals surface area contributed by atoms with Gasteiger partial charge in [0.1, 0.15) is 5.75 Å². The van der Waals surface area contributed by atoms with E-state index >= 15 is 0 Å². The summed E-state index contributed by atoms with van der Waals surface area (Å²) in [5.41, 5.74) is 2.95. The van der Waals surface area contributed by atoms with Gasteiger partial charge in [0.15, 0.2) is 6.73 Å². The molecule has 4 nitrogen and oxygen atoms in total. The van der Waals surface area contributed by atoms with Crippen molar-refractivity contribution in [3.63, 3.8) is 0 Å². The molecule has 0 aliphatic heterocycles. The second-order valence-electron chi connectivity index (χ2n) is 4.84. The fourth-order valence-corrected chi connectivity index (χ4v) is 2.70. The van der Waals surface area contributed by atoms with Crippen molar-refractivity contribution in [3.8, 4) is 5.75 Å². The number of urea groups is 1. The van der Waals surface area contributed by atoms with E-state index in [1.54, 1.807) is 0 Å². The first-order chi connectivity index (χ1) is 10.6. The molecule has 0 spiro atoms. The molecule has 0 saturated heterocycles. The molecule has 0 aliphatic carbocycles. The molecule has 22 heavy (non-hydrogen) atoms. The van der Waals surface area contributed by atoms with Gasteiger partial charge < -0.3 is 15.4 Å². The summed E-state index contributed by atoms with van der Waals surface area (Å²) in [5, 5.41) is 5.52. The fraction of sp³-hybridized carbons (Fsp3) is 0.235. The van der Waals surface area contributed by atoms with Gasteiger partial charge in [0.25, 0.3) is 0 Å². The van der Waals surface area contributed by atoms with Crippen LogP contribution in [0.3, 0.4) is 0 Å². The number of aryl methyl sites for hydroxylation is 2. The molecule has 2 aromatic carbocycles. The molecule has 0 unspecified atom stereocenters. The third-order valence-corrected chi connectivity index (χ3v) is 3.92. The molecule has 0 fully saturated rings. The van der Waals surface area contributed by atoms with Crippen molar-refractivity contribution in [2.45, 2.75) is 20.3 Å². The standard InChI is InChI=1S/C17H19IN2O2/c1-3-13-6-4-5-7-16(13)22-11-19-17(21)20-15-9-8-14(18)10-12(15)2/h4-10H,3,11H2,1-2H3,(H2,19,20,21). The van der Waals surface area contributed by atoms with Crippen molar-refractivity contribution in [1.29, 1.82) is 0 Å². The molecule has 0 saturated carbocycles. The Bertz CT molecular complexity index is 659. The lowest BCUT2D eigenvalue weighted by Crippen LogP contribution is -2.32. The Morgan fingerprint density at radius 3 is 2.73 bits per heavy atom. The Labute approximate surface area is 144 Å². The Morgan fingerprint density at radius 2 is 2.00 bits per heavy atom. The largest absolute Gasteiger partial charge is 0.473 e. The van der Waals surface area contributed by atoms with Gasteiger partial charge in [0.2, 0.25) is 0 Å². The van der Waals surface area contributed by atoms with E-state index in [4.69, 9.17) is 4.74 Å². The summed E-state index contributed by atoms with van der Waals surface area (Å²) in [4.78, 5) is 11.9. The second kappa shape index (κ2) is 8.03. The van der Waals surface area contributed by atoms with Crippen LogP contribution in [0.25, 0.3) is 0 Å². The predicted octanol–water partition coefficient (Wildman–Crippen LogP) is 4.32. The zero-order valence-electron chi connectivity index (χ0n) is 12.7. The minimum Gasteiger partial charge on any atom is -0.473 e. The molecular formula is C17H19IN2O2. The quantitative estimate of drug-likeness (QED) is 0.570. The number of rotatable bonds is 5. The molecule has 5 heteroatoms. The summed E-state index contributed by atoms with van der Waals surface area (Å²) >= 11 is 2.24.